The Bertz CT molecular complexity index is 636. The average Bonchev–Trinajstić information content (AvgIpc) is 2.93. The zero-order valence-corrected chi connectivity index (χ0v) is 27.0. The van der Waals surface area contributed by atoms with Gasteiger partial charge in [-0.1, -0.05) is 168 Å². The average molecular weight is 601 g/mol. The van der Waals surface area contributed by atoms with Crippen molar-refractivity contribution in [1.82, 2.24) is 0 Å². The molecular weight excluding hydrogens is 536 g/mol. The van der Waals surface area contributed by atoms with E-state index in [1.54, 1.807) is 0 Å². The van der Waals surface area contributed by atoms with Gasteiger partial charge in [0.05, 0.1) is 0 Å². The van der Waals surface area contributed by atoms with E-state index in [4.69, 9.17) is 20.4 Å². The van der Waals surface area contributed by atoms with Crippen molar-refractivity contribution in [3.05, 3.63) is 0 Å². The summed E-state index contributed by atoms with van der Waals surface area (Å²) in [6, 6.07) is 0. The smallest absolute Gasteiger partial charge is 0.317 e. The number of aliphatic carboxylic acids is 4. The van der Waals surface area contributed by atoms with E-state index in [-0.39, 0.29) is 12.8 Å². The third-order valence-corrected chi connectivity index (χ3v) is 7.89. The second-order valence-electron chi connectivity index (χ2n) is 11.8. The van der Waals surface area contributed by atoms with E-state index in [1.165, 1.54) is 116 Å². The van der Waals surface area contributed by atoms with Gasteiger partial charge < -0.3 is 20.4 Å². The predicted molar refractivity (Wildman–Crippen MR) is 169 cm³/mol. The van der Waals surface area contributed by atoms with E-state index in [0.717, 1.165) is 25.7 Å². The molecular formula is C34H64O8. The third-order valence-electron chi connectivity index (χ3n) is 7.89. The first kappa shape index (κ1) is 42.0. The molecule has 0 aromatic heterocycles. The molecule has 0 fully saturated rings. The molecule has 0 spiro atoms. The zero-order valence-electron chi connectivity index (χ0n) is 27.0. The lowest BCUT2D eigenvalue weighted by atomic mass is 10.00. The van der Waals surface area contributed by atoms with E-state index in [0.29, 0.717) is 12.8 Å². The molecule has 0 heterocycles. The van der Waals surface area contributed by atoms with E-state index < -0.39 is 35.7 Å². The van der Waals surface area contributed by atoms with Gasteiger partial charge in [0.1, 0.15) is 0 Å². The highest BCUT2D eigenvalue weighted by Crippen LogP contribution is 2.16. The van der Waals surface area contributed by atoms with Gasteiger partial charge in [-0.3, -0.25) is 19.2 Å². The van der Waals surface area contributed by atoms with Gasteiger partial charge in [0.15, 0.2) is 11.8 Å². The minimum atomic E-state index is -1.23. The molecule has 0 radical (unpaired) electrons. The van der Waals surface area contributed by atoms with Crippen LogP contribution in [0.5, 0.6) is 0 Å². The summed E-state index contributed by atoms with van der Waals surface area (Å²) >= 11 is 0. The number of hydrogen-bond donors (Lipinski definition) is 4. The van der Waals surface area contributed by atoms with Gasteiger partial charge in [0, 0.05) is 0 Å². The van der Waals surface area contributed by atoms with E-state index in [2.05, 4.69) is 13.8 Å². The Morgan fingerprint density at radius 1 is 0.333 bits per heavy atom. The highest BCUT2D eigenvalue weighted by molar-refractivity contribution is 5.93. The van der Waals surface area contributed by atoms with Crippen molar-refractivity contribution in [3.63, 3.8) is 0 Å². The van der Waals surface area contributed by atoms with E-state index >= 15 is 0 Å². The van der Waals surface area contributed by atoms with Gasteiger partial charge in [-0.15, -0.1) is 0 Å². The van der Waals surface area contributed by atoms with Gasteiger partial charge in [-0.2, -0.15) is 0 Å². The maximum atomic E-state index is 10.7. The quantitative estimate of drug-likeness (QED) is 0.0470. The third kappa shape index (κ3) is 29.4. The lowest BCUT2D eigenvalue weighted by Gasteiger charge is -2.07. The molecule has 0 unspecified atom stereocenters. The van der Waals surface area contributed by atoms with E-state index in [9.17, 15) is 19.2 Å². The first-order valence-electron chi connectivity index (χ1n) is 17.1. The Morgan fingerprint density at radius 2 is 0.500 bits per heavy atom. The fraction of sp³-hybridized carbons (Fsp3) is 0.882. The molecule has 0 aromatic rings. The second-order valence-corrected chi connectivity index (χ2v) is 11.8. The van der Waals surface area contributed by atoms with Crippen LogP contribution in [0.3, 0.4) is 0 Å². The minimum absolute atomic E-state index is 0.250. The molecule has 42 heavy (non-hydrogen) atoms. The minimum Gasteiger partial charge on any atom is -0.481 e. The van der Waals surface area contributed by atoms with Crippen LogP contribution in [0.1, 0.15) is 181 Å². The number of rotatable bonds is 30. The number of carboxylic acid groups (broad SMARTS) is 4. The largest absolute Gasteiger partial charge is 0.481 e. The van der Waals surface area contributed by atoms with Crippen LogP contribution in [0.2, 0.25) is 0 Å². The van der Waals surface area contributed by atoms with Crippen LogP contribution in [0.25, 0.3) is 0 Å². The van der Waals surface area contributed by atoms with Crippen LogP contribution in [0, 0.1) is 11.8 Å². The summed E-state index contributed by atoms with van der Waals surface area (Å²) in [7, 11) is 0. The summed E-state index contributed by atoms with van der Waals surface area (Å²) in [6.45, 7) is 4.45. The van der Waals surface area contributed by atoms with Crippen molar-refractivity contribution >= 4 is 23.9 Å². The second kappa shape index (κ2) is 31.8. The predicted octanol–water partition coefficient (Wildman–Crippen LogP) is 9.73. The monoisotopic (exact) mass is 600 g/mol. The normalized spacial score (nSPS) is 11.0. The van der Waals surface area contributed by atoms with Gasteiger partial charge in [0.2, 0.25) is 0 Å². The van der Waals surface area contributed by atoms with Crippen molar-refractivity contribution in [1.29, 1.82) is 0 Å². The van der Waals surface area contributed by atoms with Crippen molar-refractivity contribution in [2.24, 2.45) is 11.8 Å². The molecule has 0 amide bonds. The van der Waals surface area contributed by atoms with E-state index in [1.807, 2.05) is 0 Å². The number of carboxylic acids is 4. The first-order valence-corrected chi connectivity index (χ1v) is 17.1. The Kier molecular flexibility index (Phi) is 31.8. The number of hydrogen-bond acceptors (Lipinski definition) is 4. The summed E-state index contributed by atoms with van der Waals surface area (Å²) in [5, 5.41) is 34.9. The molecule has 4 N–H and O–H groups in total. The van der Waals surface area contributed by atoms with Crippen LogP contribution >= 0.6 is 0 Å². The number of unbranched alkanes of at least 4 members (excludes halogenated alkanes) is 22. The highest BCUT2D eigenvalue weighted by atomic mass is 16.4. The van der Waals surface area contributed by atoms with Gasteiger partial charge in [-0.05, 0) is 12.8 Å². The summed E-state index contributed by atoms with van der Waals surface area (Å²) in [5.41, 5.74) is 0. The molecule has 0 saturated heterocycles. The van der Waals surface area contributed by atoms with Crippen molar-refractivity contribution in [2.75, 3.05) is 0 Å². The Morgan fingerprint density at radius 3 is 0.667 bits per heavy atom. The molecule has 0 aliphatic rings. The summed E-state index contributed by atoms with van der Waals surface area (Å²) in [4.78, 5) is 42.7. The standard InChI is InChI=1S/C20H38O4.C14H26O4/c1-2-3-4-5-6-7-8-9-10-11-12-13-14-15-16-17-18(19(21)22)20(23)24;1-2-3-4-5-6-7-8-9-10-11-12(13(15)16)14(17)18/h18H,2-17H2,1H3,(H,21,22)(H,23,24);12H,2-11H2,1H3,(H,15,16)(H,17,18). The SMILES string of the molecule is CCCCCCCCCCCC(C(=O)O)C(=O)O.CCCCCCCCCCCCCCCCCC(C(=O)O)C(=O)O. The Labute approximate surface area is 256 Å². The molecule has 0 saturated carbocycles. The fourth-order valence-corrected chi connectivity index (χ4v) is 5.08. The summed E-state index contributed by atoms with van der Waals surface area (Å²) < 4.78 is 0. The van der Waals surface area contributed by atoms with Crippen molar-refractivity contribution < 1.29 is 39.6 Å². The molecule has 0 aliphatic carbocycles. The van der Waals surface area contributed by atoms with Gasteiger partial charge >= 0.3 is 23.9 Å². The first-order chi connectivity index (χ1) is 20.2. The Hall–Kier alpha value is -2.12. The molecule has 8 nitrogen and oxygen atoms in total. The number of carbonyl (C=O) groups is 4. The summed E-state index contributed by atoms with van der Waals surface area (Å²) in [6.07, 6.45) is 29.6. The maximum absolute atomic E-state index is 10.7. The van der Waals surface area contributed by atoms with Crippen LogP contribution in [0.4, 0.5) is 0 Å². The van der Waals surface area contributed by atoms with Gasteiger partial charge in [0.25, 0.3) is 0 Å². The molecule has 0 atom stereocenters. The molecule has 0 rings (SSSR count). The Balaban J connectivity index is 0. The fourth-order valence-electron chi connectivity index (χ4n) is 5.08. The molecule has 0 aliphatic heterocycles. The lowest BCUT2D eigenvalue weighted by Crippen LogP contribution is -2.23. The van der Waals surface area contributed by atoms with Crippen molar-refractivity contribution in [2.45, 2.75) is 181 Å². The summed E-state index contributed by atoms with van der Waals surface area (Å²) in [5.74, 6) is -7.33. The van der Waals surface area contributed by atoms with Crippen LogP contribution in [0.15, 0.2) is 0 Å². The van der Waals surface area contributed by atoms with Crippen LogP contribution < -0.4 is 0 Å². The molecule has 0 bridgehead atoms. The molecule has 0 aromatic carbocycles. The molecule has 248 valence electrons. The molecule has 8 heteroatoms. The van der Waals surface area contributed by atoms with Crippen molar-refractivity contribution in [3.8, 4) is 0 Å². The zero-order chi connectivity index (χ0) is 31.8. The van der Waals surface area contributed by atoms with Gasteiger partial charge in [-0.25, -0.2) is 0 Å². The van der Waals surface area contributed by atoms with Crippen LogP contribution in [-0.4, -0.2) is 44.3 Å². The highest BCUT2D eigenvalue weighted by Gasteiger charge is 2.25. The maximum Gasteiger partial charge on any atom is 0.317 e. The topological polar surface area (TPSA) is 149 Å². The lowest BCUT2D eigenvalue weighted by molar-refractivity contribution is -0.156. The van der Waals surface area contributed by atoms with Crippen LogP contribution in [-0.2, 0) is 19.2 Å².